The molecule has 0 spiro atoms. The fraction of sp³-hybridized carbons (Fsp3) is 0.467. The molecule has 0 saturated carbocycles. The highest BCUT2D eigenvalue weighted by Crippen LogP contribution is 2.26. The smallest absolute Gasteiger partial charge is 0.0738 e. The molecule has 5 heteroatoms. The highest BCUT2D eigenvalue weighted by molar-refractivity contribution is 9.10. The molecule has 0 aliphatic rings. The van der Waals surface area contributed by atoms with Gasteiger partial charge < -0.3 is 5.73 Å². The maximum Gasteiger partial charge on any atom is 0.0738 e. The van der Waals surface area contributed by atoms with Gasteiger partial charge in [-0.15, -0.1) is 0 Å². The highest BCUT2D eigenvalue weighted by Gasteiger charge is 2.18. The summed E-state index contributed by atoms with van der Waals surface area (Å²) in [5, 5.41) is 4.51. The van der Waals surface area contributed by atoms with E-state index in [9.17, 15) is 0 Å². The Morgan fingerprint density at radius 3 is 2.80 bits per heavy atom. The van der Waals surface area contributed by atoms with Crippen molar-refractivity contribution in [2.75, 3.05) is 0 Å². The number of halogens is 1. The number of nitrogens with two attached hydrogens (primary N) is 1. The zero-order valence-corrected chi connectivity index (χ0v) is 13.8. The molecule has 2 aromatic rings. The summed E-state index contributed by atoms with van der Waals surface area (Å²) in [7, 11) is 0. The molecule has 0 bridgehead atoms. The van der Waals surface area contributed by atoms with Crippen LogP contribution in [0.5, 0.6) is 0 Å². The van der Waals surface area contributed by atoms with Crippen LogP contribution in [-0.2, 0) is 19.4 Å². The maximum atomic E-state index is 6.38. The van der Waals surface area contributed by atoms with Gasteiger partial charge in [-0.05, 0) is 47.8 Å². The topological polar surface area (TPSA) is 56.7 Å². The van der Waals surface area contributed by atoms with E-state index >= 15 is 0 Å². The normalized spacial score (nSPS) is 12.7. The number of pyridine rings is 1. The third kappa shape index (κ3) is 2.94. The summed E-state index contributed by atoms with van der Waals surface area (Å²) in [6, 6.07) is 3.95. The Morgan fingerprint density at radius 1 is 1.40 bits per heavy atom. The van der Waals surface area contributed by atoms with Gasteiger partial charge in [-0.25, -0.2) is 0 Å². The molecular weight excluding hydrogens is 316 g/mol. The van der Waals surface area contributed by atoms with Gasteiger partial charge in [0.15, 0.2) is 0 Å². The zero-order valence-electron chi connectivity index (χ0n) is 12.2. The maximum absolute atomic E-state index is 6.38. The molecule has 2 N–H and O–H groups in total. The second-order valence-corrected chi connectivity index (χ2v) is 5.67. The fourth-order valence-electron chi connectivity index (χ4n) is 2.45. The Bertz CT molecular complexity index is 592. The van der Waals surface area contributed by atoms with Gasteiger partial charge in [0.2, 0.25) is 0 Å². The van der Waals surface area contributed by atoms with E-state index in [1.807, 2.05) is 23.9 Å². The van der Waals surface area contributed by atoms with Crippen molar-refractivity contribution in [3.05, 3.63) is 45.4 Å². The van der Waals surface area contributed by atoms with Crippen LogP contribution in [0, 0.1) is 6.92 Å². The van der Waals surface area contributed by atoms with Crippen molar-refractivity contribution >= 4 is 15.9 Å². The van der Waals surface area contributed by atoms with Gasteiger partial charge >= 0.3 is 0 Å². The first-order valence-corrected chi connectivity index (χ1v) is 7.78. The van der Waals surface area contributed by atoms with E-state index in [0.29, 0.717) is 0 Å². The molecule has 4 nitrogen and oxygen atoms in total. The zero-order chi connectivity index (χ0) is 14.7. The van der Waals surface area contributed by atoms with E-state index in [-0.39, 0.29) is 6.04 Å². The molecule has 2 aromatic heterocycles. The van der Waals surface area contributed by atoms with Crippen molar-refractivity contribution in [3.8, 4) is 0 Å². The summed E-state index contributed by atoms with van der Waals surface area (Å²) >= 11 is 3.62. The van der Waals surface area contributed by atoms with Gasteiger partial charge in [0, 0.05) is 19.2 Å². The van der Waals surface area contributed by atoms with Gasteiger partial charge in [-0.2, -0.15) is 5.10 Å². The SMILES string of the molecule is CCc1cccnc1C(N)Cc1c(Br)c(C)nn1CC. The average molecular weight is 337 g/mol. The molecule has 0 fully saturated rings. The van der Waals surface area contributed by atoms with E-state index in [1.165, 1.54) is 5.56 Å². The Balaban J connectivity index is 2.30. The van der Waals surface area contributed by atoms with E-state index in [0.717, 1.165) is 40.9 Å². The Hall–Kier alpha value is -1.20. The third-order valence-electron chi connectivity index (χ3n) is 3.52. The molecule has 0 saturated heterocycles. The first-order chi connectivity index (χ1) is 9.58. The lowest BCUT2D eigenvalue weighted by Gasteiger charge is -2.15. The van der Waals surface area contributed by atoms with Crippen LogP contribution >= 0.6 is 15.9 Å². The van der Waals surface area contributed by atoms with Gasteiger partial charge in [-0.1, -0.05) is 13.0 Å². The molecule has 2 rings (SSSR count). The van der Waals surface area contributed by atoms with Gasteiger partial charge in [-0.3, -0.25) is 9.67 Å². The highest BCUT2D eigenvalue weighted by atomic mass is 79.9. The number of hydrogen-bond acceptors (Lipinski definition) is 3. The van der Waals surface area contributed by atoms with Crippen molar-refractivity contribution in [1.29, 1.82) is 0 Å². The first-order valence-electron chi connectivity index (χ1n) is 6.99. The first kappa shape index (κ1) is 15.2. The van der Waals surface area contributed by atoms with Crippen LogP contribution in [0.25, 0.3) is 0 Å². The summed E-state index contributed by atoms with van der Waals surface area (Å²) in [6.07, 6.45) is 3.50. The lowest BCUT2D eigenvalue weighted by molar-refractivity contribution is 0.579. The predicted molar refractivity (Wildman–Crippen MR) is 84.6 cm³/mol. The van der Waals surface area contributed by atoms with Gasteiger partial charge in [0.05, 0.1) is 27.6 Å². The molecular formula is C15H21BrN4. The molecule has 0 amide bonds. The minimum atomic E-state index is -0.108. The average Bonchev–Trinajstić information content (AvgIpc) is 2.74. The second kappa shape index (κ2) is 6.50. The van der Waals surface area contributed by atoms with Crippen LogP contribution in [0.3, 0.4) is 0 Å². The van der Waals surface area contributed by atoms with Crippen LogP contribution in [0.4, 0.5) is 0 Å². The minimum Gasteiger partial charge on any atom is -0.322 e. The van der Waals surface area contributed by atoms with Crippen LogP contribution < -0.4 is 5.73 Å². The quantitative estimate of drug-likeness (QED) is 0.912. The number of hydrogen-bond donors (Lipinski definition) is 1. The van der Waals surface area contributed by atoms with E-state index in [4.69, 9.17) is 5.73 Å². The molecule has 0 radical (unpaired) electrons. The molecule has 1 atom stereocenters. The summed E-state index contributed by atoms with van der Waals surface area (Å²) < 4.78 is 3.07. The van der Waals surface area contributed by atoms with Crippen molar-refractivity contribution in [2.45, 2.75) is 46.2 Å². The number of aromatic nitrogens is 3. The lowest BCUT2D eigenvalue weighted by Crippen LogP contribution is -2.19. The van der Waals surface area contributed by atoms with Crippen molar-refractivity contribution in [3.63, 3.8) is 0 Å². The molecule has 108 valence electrons. The van der Waals surface area contributed by atoms with Crippen LogP contribution in [0.2, 0.25) is 0 Å². The van der Waals surface area contributed by atoms with Crippen molar-refractivity contribution < 1.29 is 0 Å². The standard InChI is InChI=1S/C15H21BrN4/c1-4-11-7-6-8-18-15(11)12(17)9-13-14(16)10(3)19-20(13)5-2/h6-8,12H,4-5,9,17H2,1-3H3. The van der Waals surface area contributed by atoms with Crippen LogP contribution in [0.1, 0.15) is 42.5 Å². The lowest BCUT2D eigenvalue weighted by atomic mass is 10.0. The van der Waals surface area contributed by atoms with E-state index in [1.54, 1.807) is 0 Å². The number of aryl methyl sites for hydroxylation is 3. The monoisotopic (exact) mass is 336 g/mol. The summed E-state index contributed by atoms with van der Waals surface area (Å²) in [5.74, 6) is 0. The van der Waals surface area contributed by atoms with Gasteiger partial charge in [0.25, 0.3) is 0 Å². The van der Waals surface area contributed by atoms with E-state index in [2.05, 4.69) is 45.9 Å². The van der Waals surface area contributed by atoms with E-state index < -0.39 is 0 Å². The Kier molecular flexibility index (Phi) is 4.94. The van der Waals surface area contributed by atoms with Crippen LogP contribution in [0.15, 0.2) is 22.8 Å². The molecule has 0 aliphatic carbocycles. The summed E-state index contributed by atoms with van der Waals surface area (Å²) in [5.41, 5.74) is 10.7. The predicted octanol–water partition coefficient (Wildman–Crippen LogP) is 3.17. The molecule has 20 heavy (non-hydrogen) atoms. The third-order valence-corrected chi connectivity index (χ3v) is 4.56. The Morgan fingerprint density at radius 2 is 2.15 bits per heavy atom. The second-order valence-electron chi connectivity index (χ2n) is 4.87. The Labute approximate surface area is 128 Å². The summed E-state index contributed by atoms with van der Waals surface area (Å²) in [6.45, 7) is 7.07. The minimum absolute atomic E-state index is 0.108. The molecule has 2 heterocycles. The summed E-state index contributed by atoms with van der Waals surface area (Å²) in [4.78, 5) is 4.47. The fourth-order valence-corrected chi connectivity index (χ4v) is 2.90. The number of nitrogens with zero attached hydrogens (tertiary/aromatic N) is 3. The van der Waals surface area contributed by atoms with Crippen molar-refractivity contribution in [2.24, 2.45) is 5.73 Å². The van der Waals surface area contributed by atoms with Crippen molar-refractivity contribution in [1.82, 2.24) is 14.8 Å². The molecule has 1 unspecified atom stereocenters. The van der Waals surface area contributed by atoms with Gasteiger partial charge in [0.1, 0.15) is 0 Å². The molecule has 0 aliphatic heterocycles. The largest absolute Gasteiger partial charge is 0.322 e. The molecule has 0 aromatic carbocycles. The number of rotatable bonds is 5. The van der Waals surface area contributed by atoms with Crippen LogP contribution in [-0.4, -0.2) is 14.8 Å².